The molecule has 0 aliphatic carbocycles. The van der Waals surface area contributed by atoms with Crippen LogP contribution in [-0.4, -0.2) is 56.2 Å². The van der Waals surface area contributed by atoms with E-state index in [2.05, 4.69) is 11.0 Å². The number of carbonyl (C=O) groups is 1. The zero-order valence-electron chi connectivity index (χ0n) is 24.2. The van der Waals surface area contributed by atoms with Crippen LogP contribution in [0.1, 0.15) is 18.7 Å². The number of aliphatic hydroxyl groups is 2. The molecular formula is C31H29ClN3O10P. The fourth-order valence-electron chi connectivity index (χ4n) is 4.81. The number of H-pyrrole nitrogens is 1. The third kappa shape index (κ3) is 7.25. The molecule has 4 aromatic rings. The zero-order chi connectivity index (χ0) is 32.9. The summed E-state index contributed by atoms with van der Waals surface area (Å²) in [5, 5.41) is 28.3. The minimum atomic E-state index is -4.50. The van der Waals surface area contributed by atoms with Crippen molar-refractivity contribution >= 4 is 36.1 Å². The monoisotopic (exact) mass is 669 g/mol. The van der Waals surface area contributed by atoms with Gasteiger partial charge in [0.25, 0.3) is 5.56 Å². The van der Waals surface area contributed by atoms with Crippen LogP contribution in [0.4, 0.5) is 0 Å². The van der Waals surface area contributed by atoms with E-state index in [1.807, 2.05) is 34.6 Å². The number of halogens is 1. The van der Waals surface area contributed by atoms with Crippen molar-refractivity contribution in [1.29, 1.82) is 0 Å². The van der Waals surface area contributed by atoms with Gasteiger partial charge in [0.1, 0.15) is 30.6 Å². The van der Waals surface area contributed by atoms with Crippen molar-refractivity contribution in [3.05, 3.63) is 111 Å². The van der Waals surface area contributed by atoms with Gasteiger partial charge in [-0.1, -0.05) is 66.7 Å². The molecular weight excluding hydrogens is 641 g/mol. The minimum Gasteiger partial charge on any atom is -0.460 e. The Bertz CT molecular complexity index is 1940. The van der Waals surface area contributed by atoms with Gasteiger partial charge in [-0.15, -0.1) is 0 Å². The van der Waals surface area contributed by atoms with E-state index in [0.717, 1.165) is 27.8 Å². The summed E-state index contributed by atoms with van der Waals surface area (Å²) in [6.07, 6.45) is -3.94. The molecule has 5 rings (SSSR count). The highest BCUT2D eigenvalue weighted by Gasteiger charge is 2.56. The summed E-state index contributed by atoms with van der Waals surface area (Å²) in [4.78, 5) is 39.0. The molecule has 1 saturated heterocycles. The SMILES string of the molecule is C[C@H](NP(=O)(OC[C@H]1O[C@@H](n2ccc(=O)[nH]c2=O)[C@@](O)(C#CCl)C1O)Oc1cccc2ccccc12)C(=O)OCc1ccccc1. The number of ether oxygens (including phenoxy) is 2. The minimum absolute atomic E-state index is 0.0329. The second-order valence-corrected chi connectivity index (χ2v) is 12.2. The van der Waals surface area contributed by atoms with Crippen LogP contribution in [0.3, 0.4) is 0 Å². The molecule has 6 atom stereocenters. The van der Waals surface area contributed by atoms with E-state index < -0.39 is 61.7 Å². The Labute approximate surface area is 267 Å². The van der Waals surface area contributed by atoms with E-state index >= 15 is 0 Å². The molecule has 4 N–H and O–H groups in total. The first kappa shape index (κ1) is 33.1. The Morgan fingerprint density at radius 2 is 1.85 bits per heavy atom. The first-order valence-corrected chi connectivity index (χ1v) is 15.9. The van der Waals surface area contributed by atoms with Crippen molar-refractivity contribution in [2.24, 2.45) is 0 Å². The molecule has 0 amide bonds. The van der Waals surface area contributed by atoms with Crippen molar-refractivity contribution < 1.29 is 38.1 Å². The van der Waals surface area contributed by atoms with Gasteiger partial charge in [0.15, 0.2) is 6.23 Å². The van der Waals surface area contributed by atoms with E-state index in [9.17, 15) is 29.2 Å². The Hall–Kier alpha value is -4.25. The molecule has 46 heavy (non-hydrogen) atoms. The molecule has 2 heterocycles. The predicted molar refractivity (Wildman–Crippen MR) is 167 cm³/mol. The lowest BCUT2D eigenvalue weighted by atomic mass is 9.95. The first-order valence-electron chi connectivity index (χ1n) is 13.9. The summed E-state index contributed by atoms with van der Waals surface area (Å²) in [5.74, 6) is 1.64. The van der Waals surface area contributed by atoms with E-state index in [0.29, 0.717) is 5.39 Å². The topological polar surface area (TPSA) is 178 Å². The van der Waals surface area contributed by atoms with Crippen molar-refractivity contribution in [3.63, 3.8) is 0 Å². The summed E-state index contributed by atoms with van der Waals surface area (Å²) >= 11 is 5.56. The highest BCUT2D eigenvalue weighted by atomic mass is 35.5. The maximum atomic E-state index is 14.3. The Morgan fingerprint density at radius 1 is 1.13 bits per heavy atom. The summed E-state index contributed by atoms with van der Waals surface area (Å²) in [6, 6.07) is 21.0. The maximum absolute atomic E-state index is 14.3. The second-order valence-electron chi connectivity index (χ2n) is 10.3. The number of aromatic nitrogens is 2. The first-order chi connectivity index (χ1) is 22.0. The zero-order valence-corrected chi connectivity index (χ0v) is 25.9. The molecule has 15 heteroatoms. The van der Waals surface area contributed by atoms with Crippen LogP contribution in [0.15, 0.2) is 94.6 Å². The van der Waals surface area contributed by atoms with Gasteiger partial charge in [-0.05, 0) is 41.5 Å². The number of esters is 1. The Kier molecular flexibility index (Phi) is 10.1. The smallest absolute Gasteiger partial charge is 0.459 e. The number of aromatic amines is 1. The van der Waals surface area contributed by atoms with Gasteiger partial charge in [0, 0.05) is 23.0 Å². The number of rotatable bonds is 11. The second kappa shape index (κ2) is 14.0. The summed E-state index contributed by atoms with van der Waals surface area (Å²) in [7, 11) is -4.50. The number of hydrogen-bond acceptors (Lipinski definition) is 10. The third-order valence-electron chi connectivity index (χ3n) is 7.14. The Morgan fingerprint density at radius 3 is 2.59 bits per heavy atom. The average molecular weight is 670 g/mol. The number of hydrogen-bond donors (Lipinski definition) is 4. The van der Waals surface area contributed by atoms with Crippen LogP contribution in [-0.2, 0) is 30.0 Å². The molecule has 1 fully saturated rings. The lowest BCUT2D eigenvalue weighted by Gasteiger charge is -2.26. The largest absolute Gasteiger partial charge is 0.460 e. The number of benzene rings is 3. The Balaban J connectivity index is 1.40. The van der Waals surface area contributed by atoms with Gasteiger partial charge in [0.05, 0.1) is 6.61 Å². The number of fused-ring (bicyclic) bond motifs is 1. The fraction of sp³-hybridized carbons (Fsp3) is 0.258. The van der Waals surface area contributed by atoms with Gasteiger partial charge >= 0.3 is 19.4 Å². The van der Waals surface area contributed by atoms with Gasteiger partial charge in [0.2, 0.25) is 5.60 Å². The van der Waals surface area contributed by atoms with Crippen molar-refractivity contribution in [3.8, 4) is 17.0 Å². The molecule has 3 aromatic carbocycles. The van der Waals surface area contributed by atoms with Gasteiger partial charge in [-0.2, -0.15) is 5.09 Å². The molecule has 0 radical (unpaired) electrons. The molecule has 0 bridgehead atoms. The van der Waals surface area contributed by atoms with Crippen LogP contribution in [0.25, 0.3) is 10.8 Å². The van der Waals surface area contributed by atoms with Gasteiger partial charge in [-0.3, -0.25) is 23.7 Å². The molecule has 1 aliphatic heterocycles. The quantitative estimate of drug-likeness (QED) is 0.105. The van der Waals surface area contributed by atoms with E-state index in [1.165, 1.54) is 6.92 Å². The molecule has 240 valence electrons. The van der Waals surface area contributed by atoms with Crippen LogP contribution >= 0.6 is 19.3 Å². The summed E-state index contributed by atoms with van der Waals surface area (Å²) < 4.78 is 37.9. The predicted octanol–water partition coefficient (Wildman–Crippen LogP) is 2.80. The average Bonchev–Trinajstić information content (AvgIpc) is 3.28. The summed E-state index contributed by atoms with van der Waals surface area (Å²) in [5.41, 5.74) is -3.39. The van der Waals surface area contributed by atoms with E-state index in [4.69, 9.17) is 30.1 Å². The molecule has 13 nitrogen and oxygen atoms in total. The lowest BCUT2D eigenvalue weighted by Crippen LogP contribution is -2.48. The summed E-state index contributed by atoms with van der Waals surface area (Å²) in [6.45, 7) is 0.682. The maximum Gasteiger partial charge on any atom is 0.459 e. The van der Waals surface area contributed by atoms with Gasteiger partial charge in [-0.25, -0.2) is 9.36 Å². The molecule has 0 spiro atoms. The molecule has 1 aliphatic rings. The fourth-order valence-corrected chi connectivity index (χ4v) is 6.49. The van der Waals surface area contributed by atoms with Crippen LogP contribution in [0, 0.1) is 11.3 Å². The van der Waals surface area contributed by atoms with Crippen molar-refractivity contribution in [2.75, 3.05) is 6.61 Å². The highest BCUT2D eigenvalue weighted by molar-refractivity contribution is 7.52. The van der Waals surface area contributed by atoms with Crippen molar-refractivity contribution in [1.82, 2.24) is 14.6 Å². The molecule has 0 saturated carbocycles. The van der Waals surface area contributed by atoms with Crippen LogP contribution < -0.4 is 20.9 Å². The number of nitrogens with zero attached hydrogens (tertiary/aromatic N) is 1. The van der Waals surface area contributed by atoms with Crippen LogP contribution in [0.2, 0.25) is 0 Å². The normalized spacial score (nSPS) is 22.7. The van der Waals surface area contributed by atoms with Crippen molar-refractivity contribution in [2.45, 2.75) is 43.6 Å². The molecule has 2 unspecified atom stereocenters. The third-order valence-corrected chi connectivity index (χ3v) is 8.86. The number of aliphatic hydroxyl groups excluding tert-OH is 1. The number of carbonyl (C=O) groups excluding carboxylic acids is 1. The standard InChI is InChI=1S/C31H29ClN3O10P/c1-20(28(38)42-18-21-8-3-2-4-9-21)34-46(41,45-24-13-7-11-22-10-5-6-12-23(22)24)43-19-25-27(37)31(40,15-16-32)29(44-25)35-17-14-26(36)33-30(35)39/h2-14,17,20,25,27,29,37,40H,18-19H2,1H3,(H,34,41)(H,33,36,39)/t20-,25+,27?,29+,31+,46?/m0/s1. The van der Waals surface area contributed by atoms with E-state index in [-0.39, 0.29) is 12.4 Å². The number of nitrogens with one attached hydrogen (secondary N) is 2. The van der Waals surface area contributed by atoms with E-state index in [1.54, 1.807) is 48.5 Å². The van der Waals surface area contributed by atoms with Crippen LogP contribution in [0.5, 0.6) is 5.75 Å². The highest BCUT2D eigenvalue weighted by Crippen LogP contribution is 2.48. The molecule has 1 aromatic heterocycles. The lowest BCUT2D eigenvalue weighted by molar-refractivity contribution is -0.146. The van der Waals surface area contributed by atoms with Gasteiger partial charge < -0.3 is 24.2 Å².